The fourth-order valence-electron chi connectivity index (χ4n) is 2.12. The van der Waals surface area contributed by atoms with E-state index >= 15 is 0 Å². The highest BCUT2D eigenvalue weighted by molar-refractivity contribution is 7.10. The first-order valence-corrected chi connectivity index (χ1v) is 7.45. The van der Waals surface area contributed by atoms with Crippen LogP contribution in [0.1, 0.15) is 21.8 Å². The predicted octanol–water partition coefficient (Wildman–Crippen LogP) is 3.64. The number of hydrogen-bond donors (Lipinski definition) is 2. The second-order valence-corrected chi connectivity index (χ2v) is 5.81. The van der Waals surface area contributed by atoms with E-state index in [0.29, 0.717) is 0 Å². The third-order valence-electron chi connectivity index (χ3n) is 3.27. The summed E-state index contributed by atoms with van der Waals surface area (Å²) in [6.45, 7) is 5.73. The first kappa shape index (κ1) is 13.1. The fraction of sp³-hybridized carbons (Fsp3) is 0.267. The van der Waals surface area contributed by atoms with Crippen LogP contribution in [0.4, 0.5) is 0 Å². The summed E-state index contributed by atoms with van der Waals surface area (Å²) < 4.78 is 5.64. The van der Waals surface area contributed by atoms with E-state index in [4.69, 9.17) is 4.42 Å². The maximum absolute atomic E-state index is 5.64. The van der Waals surface area contributed by atoms with Gasteiger partial charge in [-0.1, -0.05) is 0 Å². The number of furan rings is 1. The predicted molar refractivity (Wildman–Crippen MR) is 80.6 cm³/mol. The van der Waals surface area contributed by atoms with Crippen LogP contribution in [0.3, 0.4) is 0 Å². The molecule has 4 nitrogen and oxygen atoms in total. The first-order chi connectivity index (χ1) is 9.74. The van der Waals surface area contributed by atoms with Crippen molar-refractivity contribution in [3.8, 4) is 11.5 Å². The Labute approximate surface area is 121 Å². The molecule has 0 bridgehead atoms. The third kappa shape index (κ3) is 2.69. The molecule has 3 aromatic rings. The van der Waals surface area contributed by atoms with Crippen LogP contribution in [0.2, 0.25) is 0 Å². The Hall–Kier alpha value is -1.85. The lowest BCUT2D eigenvalue weighted by molar-refractivity contribution is 0.545. The molecule has 0 spiro atoms. The van der Waals surface area contributed by atoms with Gasteiger partial charge in [-0.3, -0.25) is 5.10 Å². The van der Waals surface area contributed by atoms with Crippen molar-refractivity contribution in [1.82, 2.24) is 15.5 Å². The van der Waals surface area contributed by atoms with Crippen molar-refractivity contribution in [1.29, 1.82) is 0 Å². The maximum atomic E-state index is 5.64. The lowest BCUT2D eigenvalue weighted by Gasteiger charge is -2.04. The Bertz CT molecular complexity index is 695. The number of aryl methyl sites for hydroxylation is 2. The van der Waals surface area contributed by atoms with Crippen LogP contribution < -0.4 is 5.32 Å². The van der Waals surface area contributed by atoms with Gasteiger partial charge < -0.3 is 9.73 Å². The molecule has 20 heavy (non-hydrogen) atoms. The van der Waals surface area contributed by atoms with Crippen LogP contribution in [-0.4, -0.2) is 10.2 Å². The van der Waals surface area contributed by atoms with E-state index in [-0.39, 0.29) is 0 Å². The highest BCUT2D eigenvalue weighted by Crippen LogP contribution is 2.23. The average Bonchev–Trinajstić information content (AvgIpc) is 3.12. The van der Waals surface area contributed by atoms with Crippen LogP contribution in [0, 0.1) is 13.8 Å². The molecule has 3 aromatic heterocycles. The molecule has 0 fully saturated rings. The molecule has 0 atom stereocenters. The molecule has 0 aliphatic heterocycles. The van der Waals surface area contributed by atoms with E-state index in [1.807, 2.05) is 25.3 Å². The van der Waals surface area contributed by atoms with E-state index in [1.54, 1.807) is 11.3 Å². The van der Waals surface area contributed by atoms with Crippen LogP contribution in [-0.2, 0) is 13.1 Å². The molecule has 0 saturated heterocycles. The minimum Gasteiger partial charge on any atom is -0.460 e. The monoisotopic (exact) mass is 287 g/mol. The van der Waals surface area contributed by atoms with Gasteiger partial charge in [0.25, 0.3) is 0 Å². The van der Waals surface area contributed by atoms with Crippen LogP contribution >= 0.6 is 11.3 Å². The van der Waals surface area contributed by atoms with Gasteiger partial charge in [0.05, 0.1) is 6.20 Å². The molecule has 5 heteroatoms. The number of aromatic amines is 1. The number of aromatic nitrogens is 2. The van der Waals surface area contributed by atoms with Crippen LogP contribution in [0.25, 0.3) is 11.5 Å². The second kappa shape index (κ2) is 5.64. The van der Waals surface area contributed by atoms with Crippen LogP contribution in [0.5, 0.6) is 0 Å². The zero-order valence-corrected chi connectivity index (χ0v) is 12.4. The summed E-state index contributed by atoms with van der Waals surface area (Å²) in [6, 6.07) is 6.08. The first-order valence-electron chi connectivity index (χ1n) is 6.57. The molecule has 0 aliphatic carbocycles. The van der Waals surface area contributed by atoms with Gasteiger partial charge in [0.15, 0.2) is 5.76 Å². The van der Waals surface area contributed by atoms with Gasteiger partial charge >= 0.3 is 0 Å². The highest BCUT2D eigenvalue weighted by Gasteiger charge is 2.11. The minimum atomic E-state index is 0.767. The number of nitrogens with one attached hydrogen (secondary N) is 2. The summed E-state index contributed by atoms with van der Waals surface area (Å²) in [7, 11) is 0. The maximum Gasteiger partial charge on any atom is 0.152 e. The molecule has 0 saturated carbocycles. The topological polar surface area (TPSA) is 53.9 Å². The minimum absolute atomic E-state index is 0.767. The molecule has 0 aliphatic rings. The van der Waals surface area contributed by atoms with Gasteiger partial charge in [-0.05, 0) is 43.0 Å². The van der Waals surface area contributed by atoms with Gasteiger partial charge in [-0.25, -0.2) is 0 Å². The standard InChI is InChI=1S/C15H17N3OS/c1-10-5-6-20-14(10)9-16-7-12-8-17-18-15(12)13-4-3-11(2)19-13/h3-6,8,16H,7,9H2,1-2H3,(H,17,18). The summed E-state index contributed by atoms with van der Waals surface area (Å²) in [5.74, 6) is 1.74. The van der Waals surface area contributed by atoms with Gasteiger partial charge in [-0.2, -0.15) is 5.10 Å². The van der Waals surface area contributed by atoms with Crippen molar-refractivity contribution in [2.75, 3.05) is 0 Å². The number of rotatable bonds is 5. The van der Waals surface area contributed by atoms with Crippen LogP contribution in [0.15, 0.2) is 34.2 Å². The van der Waals surface area contributed by atoms with E-state index < -0.39 is 0 Å². The average molecular weight is 287 g/mol. The Morgan fingerprint density at radius 1 is 1.25 bits per heavy atom. The SMILES string of the molecule is Cc1ccc(-c2[nH]ncc2CNCc2sccc2C)o1. The molecule has 3 heterocycles. The Morgan fingerprint density at radius 2 is 2.15 bits per heavy atom. The summed E-state index contributed by atoms with van der Waals surface area (Å²) >= 11 is 1.79. The molecule has 3 rings (SSSR count). The molecular weight excluding hydrogens is 270 g/mol. The highest BCUT2D eigenvalue weighted by atomic mass is 32.1. The van der Waals surface area contributed by atoms with Crippen molar-refractivity contribution in [2.45, 2.75) is 26.9 Å². The van der Waals surface area contributed by atoms with E-state index in [2.05, 4.69) is 33.9 Å². The zero-order valence-electron chi connectivity index (χ0n) is 11.6. The third-order valence-corrected chi connectivity index (χ3v) is 4.30. The molecular formula is C15H17N3OS. The van der Waals surface area contributed by atoms with Gasteiger partial charge in [0.1, 0.15) is 11.5 Å². The molecule has 0 radical (unpaired) electrons. The van der Waals surface area contributed by atoms with Crippen molar-refractivity contribution in [2.24, 2.45) is 0 Å². The Morgan fingerprint density at radius 3 is 2.85 bits per heavy atom. The number of H-pyrrole nitrogens is 1. The molecule has 0 aromatic carbocycles. The smallest absolute Gasteiger partial charge is 0.152 e. The second-order valence-electron chi connectivity index (χ2n) is 4.81. The van der Waals surface area contributed by atoms with Gasteiger partial charge in [0.2, 0.25) is 0 Å². The van der Waals surface area contributed by atoms with Crippen molar-refractivity contribution < 1.29 is 4.42 Å². The lowest BCUT2D eigenvalue weighted by atomic mass is 10.2. The normalized spacial score (nSPS) is 11.1. The molecule has 2 N–H and O–H groups in total. The lowest BCUT2D eigenvalue weighted by Crippen LogP contribution is -2.12. The van der Waals surface area contributed by atoms with Gasteiger partial charge in [-0.15, -0.1) is 11.3 Å². The summed E-state index contributed by atoms with van der Waals surface area (Å²) in [5, 5.41) is 12.7. The van der Waals surface area contributed by atoms with Crippen molar-refractivity contribution >= 4 is 11.3 Å². The number of nitrogens with zero attached hydrogens (tertiary/aromatic N) is 1. The Kier molecular flexibility index (Phi) is 3.71. The zero-order chi connectivity index (χ0) is 13.9. The van der Waals surface area contributed by atoms with E-state index in [1.165, 1.54) is 10.4 Å². The van der Waals surface area contributed by atoms with Gasteiger partial charge in [0, 0.05) is 23.5 Å². The van der Waals surface area contributed by atoms with Crippen molar-refractivity contribution in [3.05, 3.63) is 51.5 Å². The quantitative estimate of drug-likeness (QED) is 0.753. The number of hydrogen-bond acceptors (Lipinski definition) is 4. The van der Waals surface area contributed by atoms with E-state index in [9.17, 15) is 0 Å². The fourth-order valence-corrected chi connectivity index (χ4v) is 3.00. The molecule has 0 unspecified atom stereocenters. The summed E-state index contributed by atoms with van der Waals surface area (Å²) in [6.07, 6.45) is 1.85. The molecule has 0 amide bonds. The van der Waals surface area contributed by atoms with E-state index in [0.717, 1.165) is 35.9 Å². The summed E-state index contributed by atoms with van der Waals surface area (Å²) in [4.78, 5) is 1.38. The Balaban J connectivity index is 1.67. The number of thiophene rings is 1. The van der Waals surface area contributed by atoms with Crippen molar-refractivity contribution in [3.63, 3.8) is 0 Å². The largest absolute Gasteiger partial charge is 0.460 e. The summed E-state index contributed by atoms with van der Waals surface area (Å²) in [5.41, 5.74) is 3.42. The molecule has 104 valence electrons.